The van der Waals surface area contributed by atoms with Crippen molar-refractivity contribution in [3.05, 3.63) is 58.7 Å². The van der Waals surface area contributed by atoms with Gasteiger partial charge in [-0.25, -0.2) is 0 Å². The molecule has 32 heavy (non-hydrogen) atoms. The van der Waals surface area contributed by atoms with Crippen LogP contribution in [-0.2, 0) is 12.8 Å². The number of carbonyl (C=O) groups is 1. The minimum Gasteiger partial charge on any atom is -0.507 e. The number of hydrogen-bond donors (Lipinski definition) is 2. The summed E-state index contributed by atoms with van der Waals surface area (Å²) < 4.78 is 0. The number of aryl methyl sites for hydroxylation is 2. The number of benzene rings is 2. The molecule has 0 saturated heterocycles. The largest absolute Gasteiger partial charge is 0.507 e. The molecular weight excluding hydrogens is 396 g/mol. The highest BCUT2D eigenvalue weighted by atomic mass is 16.3. The Morgan fingerprint density at radius 2 is 0.969 bits per heavy atom. The summed E-state index contributed by atoms with van der Waals surface area (Å²) in [5.41, 5.74) is 2.59. The Balaban J connectivity index is 1.90. The summed E-state index contributed by atoms with van der Waals surface area (Å²) >= 11 is 0. The van der Waals surface area contributed by atoms with Gasteiger partial charge in [0, 0.05) is 0 Å². The third kappa shape index (κ3) is 8.68. The van der Waals surface area contributed by atoms with Crippen LogP contribution in [0.15, 0.2) is 36.4 Å². The van der Waals surface area contributed by atoms with Crippen LogP contribution < -0.4 is 0 Å². The number of rotatable bonds is 16. The van der Waals surface area contributed by atoms with Crippen molar-refractivity contribution in [3.63, 3.8) is 0 Å². The monoisotopic (exact) mass is 438 g/mol. The number of hydrogen-bond acceptors (Lipinski definition) is 3. The molecule has 2 aromatic rings. The fourth-order valence-electron chi connectivity index (χ4n) is 4.21. The molecule has 3 heteroatoms. The fourth-order valence-corrected chi connectivity index (χ4v) is 4.21. The summed E-state index contributed by atoms with van der Waals surface area (Å²) in [7, 11) is 0. The smallest absolute Gasteiger partial charge is 0.200 e. The highest BCUT2D eigenvalue weighted by Crippen LogP contribution is 2.28. The molecule has 0 aliphatic rings. The highest BCUT2D eigenvalue weighted by molar-refractivity contribution is 6.12. The molecular formula is C29H42O3. The molecule has 0 radical (unpaired) electrons. The zero-order valence-corrected chi connectivity index (χ0v) is 20.2. The van der Waals surface area contributed by atoms with Gasteiger partial charge in [0.1, 0.15) is 11.5 Å². The third-order valence-corrected chi connectivity index (χ3v) is 6.25. The molecule has 0 aliphatic heterocycles. The minimum absolute atomic E-state index is 0.00552. The first kappa shape index (κ1) is 26.0. The zero-order valence-electron chi connectivity index (χ0n) is 20.2. The van der Waals surface area contributed by atoms with Crippen LogP contribution >= 0.6 is 0 Å². The lowest BCUT2D eigenvalue weighted by Crippen LogP contribution is -2.03. The van der Waals surface area contributed by atoms with Crippen LogP contribution in [0, 0.1) is 0 Å². The average Bonchev–Trinajstić information content (AvgIpc) is 2.78. The van der Waals surface area contributed by atoms with Crippen molar-refractivity contribution in [2.75, 3.05) is 0 Å². The van der Waals surface area contributed by atoms with E-state index in [1.165, 1.54) is 64.2 Å². The lowest BCUT2D eigenvalue weighted by molar-refractivity contribution is 0.103. The number of unbranched alkanes of at least 4 members (excludes halogenated alkanes) is 10. The van der Waals surface area contributed by atoms with Crippen LogP contribution in [0.5, 0.6) is 11.5 Å². The quantitative estimate of drug-likeness (QED) is 0.205. The lowest BCUT2D eigenvalue weighted by atomic mass is 9.96. The van der Waals surface area contributed by atoms with Crippen LogP contribution in [0.2, 0.25) is 0 Å². The summed E-state index contributed by atoms with van der Waals surface area (Å²) in [6.45, 7) is 4.44. The van der Waals surface area contributed by atoms with E-state index in [-0.39, 0.29) is 28.4 Å². The van der Waals surface area contributed by atoms with E-state index in [1.807, 2.05) is 12.1 Å². The second kappa shape index (κ2) is 14.7. The van der Waals surface area contributed by atoms with Crippen LogP contribution in [0.3, 0.4) is 0 Å². The van der Waals surface area contributed by atoms with Gasteiger partial charge in [-0.05, 0) is 61.1 Å². The number of ketones is 1. The van der Waals surface area contributed by atoms with Gasteiger partial charge >= 0.3 is 0 Å². The Kier molecular flexibility index (Phi) is 11.9. The van der Waals surface area contributed by atoms with Crippen LogP contribution in [0.4, 0.5) is 0 Å². The van der Waals surface area contributed by atoms with E-state index in [1.54, 1.807) is 24.3 Å². The molecule has 176 valence electrons. The molecule has 2 aromatic carbocycles. The topological polar surface area (TPSA) is 57.5 Å². The van der Waals surface area contributed by atoms with Gasteiger partial charge in [0.2, 0.25) is 0 Å². The molecule has 0 spiro atoms. The standard InChI is InChI=1S/C29H42O3/c1-3-5-7-9-11-13-15-23-17-19-25(27(30)21-23)29(32)26-20-18-24(22-28(26)31)16-14-12-10-8-6-4-2/h17-22,30-31H,3-16H2,1-2H3. The molecule has 2 N–H and O–H groups in total. The van der Waals surface area contributed by atoms with Gasteiger partial charge in [0.15, 0.2) is 5.78 Å². The second-order valence-corrected chi connectivity index (χ2v) is 9.07. The van der Waals surface area contributed by atoms with Crippen molar-refractivity contribution in [1.29, 1.82) is 0 Å². The van der Waals surface area contributed by atoms with E-state index in [2.05, 4.69) is 13.8 Å². The van der Waals surface area contributed by atoms with Gasteiger partial charge in [-0.3, -0.25) is 4.79 Å². The number of phenols is 2. The van der Waals surface area contributed by atoms with E-state index in [0.29, 0.717) is 0 Å². The molecule has 3 nitrogen and oxygen atoms in total. The summed E-state index contributed by atoms with van der Waals surface area (Å²) in [6, 6.07) is 10.6. The third-order valence-electron chi connectivity index (χ3n) is 6.25. The fraction of sp³-hybridized carbons (Fsp3) is 0.552. The first-order valence-corrected chi connectivity index (χ1v) is 12.7. The molecule has 0 saturated carbocycles. The summed E-state index contributed by atoms with van der Waals surface area (Å²) in [5.74, 6) is -0.347. The maximum Gasteiger partial charge on any atom is 0.200 e. The molecule has 2 rings (SSSR count). The summed E-state index contributed by atoms with van der Waals surface area (Å²) in [6.07, 6.45) is 16.6. The molecule has 0 heterocycles. The molecule has 0 aliphatic carbocycles. The SMILES string of the molecule is CCCCCCCCc1ccc(C(=O)c2ccc(CCCCCCCC)cc2O)c(O)c1. The molecule has 0 fully saturated rings. The van der Waals surface area contributed by atoms with Gasteiger partial charge in [0.05, 0.1) is 11.1 Å². The van der Waals surface area contributed by atoms with E-state index >= 15 is 0 Å². The van der Waals surface area contributed by atoms with Crippen LogP contribution in [0.25, 0.3) is 0 Å². The Hall–Kier alpha value is -2.29. The Labute approximate surface area is 194 Å². The van der Waals surface area contributed by atoms with Crippen molar-refractivity contribution >= 4 is 5.78 Å². The number of phenolic OH excluding ortho intramolecular Hbond substituents is 2. The first-order valence-electron chi connectivity index (χ1n) is 12.7. The minimum atomic E-state index is -0.336. The van der Waals surface area contributed by atoms with Gasteiger partial charge in [0.25, 0.3) is 0 Å². The average molecular weight is 439 g/mol. The van der Waals surface area contributed by atoms with Crippen molar-refractivity contribution in [2.45, 2.75) is 104 Å². The summed E-state index contributed by atoms with van der Waals surface area (Å²) in [4.78, 5) is 12.9. The van der Waals surface area contributed by atoms with Crippen LogP contribution in [-0.4, -0.2) is 16.0 Å². The predicted octanol–water partition coefficient (Wildman–Crippen LogP) is 8.13. The molecule has 0 aromatic heterocycles. The van der Waals surface area contributed by atoms with Gasteiger partial charge in [-0.15, -0.1) is 0 Å². The Morgan fingerprint density at radius 3 is 1.34 bits per heavy atom. The van der Waals surface area contributed by atoms with Crippen molar-refractivity contribution in [3.8, 4) is 11.5 Å². The Bertz CT molecular complexity index is 758. The maximum atomic E-state index is 12.9. The number of carbonyl (C=O) groups excluding carboxylic acids is 1. The molecule has 0 unspecified atom stereocenters. The van der Waals surface area contributed by atoms with E-state index in [9.17, 15) is 15.0 Å². The number of aromatic hydroxyl groups is 2. The summed E-state index contributed by atoms with van der Waals surface area (Å²) in [5, 5.41) is 20.9. The van der Waals surface area contributed by atoms with Crippen molar-refractivity contribution in [2.24, 2.45) is 0 Å². The normalized spacial score (nSPS) is 11.1. The van der Waals surface area contributed by atoms with E-state index in [4.69, 9.17) is 0 Å². The zero-order chi connectivity index (χ0) is 23.2. The lowest BCUT2D eigenvalue weighted by Gasteiger charge is -2.10. The molecule has 0 amide bonds. The van der Waals surface area contributed by atoms with E-state index in [0.717, 1.165) is 36.8 Å². The second-order valence-electron chi connectivity index (χ2n) is 9.07. The predicted molar refractivity (Wildman–Crippen MR) is 134 cm³/mol. The van der Waals surface area contributed by atoms with Gasteiger partial charge < -0.3 is 10.2 Å². The van der Waals surface area contributed by atoms with Gasteiger partial charge in [-0.2, -0.15) is 0 Å². The van der Waals surface area contributed by atoms with Gasteiger partial charge in [-0.1, -0.05) is 90.2 Å². The Morgan fingerprint density at radius 1 is 0.594 bits per heavy atom. The maximum absolute atomic E-state index is 12.9. The van der Waals surface area contributed by atoms with Crippen LogP contribution in [0.1, 0.15) is 118 Å². The highest BCUT2D eigenvalue weighted by Gasteiger charge is 2.17. The van der Waals surface area contributed by atoms with Crippen molar-refractivity contribution in [1.82, 2.24) is 0 Å². The first-order chi connectivity index (χ1) is 15.6. The van der Waals surface area contributed by atoms with E-state index < -0.39 is 0 Å². The molecule has 0 atom stereocenters. The molecule has 0 bridgehead atoms. The van der Waals surface area contributed by atoms with Crippen molar-refractivity contribution < 1.29 is 15.0 Å².